The van der Waals surface area contributed by atoms with Gasteiger partial charge in [0.1, 0.15) is 17.9 Å². The van der Waals surface area contributed by atoms with Crippen molar-refractivity contribution in [2.24, 2.45) is 0 Å². The molecule has 2 rings (SSSR count). The smallest absolute Gasteiger partial charge is 0.174 e. The van der Waals surface area contributed by atoms with E-state index in [1.54, 1.807) is 5.51 Å². The second-order valence-corrected chi connectivity index (χ2v) is 8.31. The molecule has 0 spiro atoms. The Balaban J connectivity index is 1.86. The minimum atomic E-state index is -0.532. The highest BCUT2D eigenvalue weighted by Gasteiger charge is 2.15. The van der Waals surface area contributed by atoms with Gasteiger partial charge in [-0.25, -0.2) is 0 Å². The molecule has 0 bridgehead atoms. The third-order valence-electron chi connectivity index (χ3n) is 3.21. The molecular weight excluding hydrogens is 316 g/mol. The number of rotatable bonds is 6. The fourth-order valence-electron chi connectivity index (χ4n) is 1.91. The first-order valence-electron chi connectivity index (χ1n) is 7.17. The van der Waals surface area contributed by atoms with Crippen LogP contribution in [0, 0.1) is 6.92 Å². The third kappa shape index (κ3) is 4.97. The van der Waals surface area contributed by atoms with E-state index in [-0.39, 0.29) is 12.0 Å². The fraction of sp³-hybridized carbons (Fsp3) is 0.500. The molecule has 0 fully saturated rings. The summed E-state index contributed by atoms with van der Waals surface area (Å²) in [7, 11) is 0. The van der Waals surface area contributed by atoms with Gasteiger partial charge in [0.05, 0.1) is 6.10 Å². The standard InChI is InChI=1S/C16H22N2O2S2/c1-11-7-12(16(2,3)4)5-6-14(11)20-8-13(19)9-21-15-18-17-10-22-15/h5-7,10,13,19H,8-9H2,1-4H3. The Labute approximate surface area is 139 Å². The van der Waals surface area contributed by atoms with E-state index in [0.717, 1.165) is 15.7 Å². The maximum absolute atomic E-state index is 9.99. The molecule has 1 heterocycles. The van der Waals surface area contributed by atoms with Gasteiger partial charge in [-0.15, -0.1) is 10.2 Å². The van der Waals surface area contributed by atoms with Crippen LogP contribution in [0.4, 0.5) is 0 Å². The summed E-state index contributed by atoms with van der Waals surface area (Å²) in [6.45, 7) is 8.89. The van der Waals surface area contributed by atoms with Crippen LogP contribution < -0.4 is 4.74 Å². The Bertz CT molecular complexity index is 595. The van der Waals surface area contributed by atoms with Crippen molar-refractivity contribution < 1.29 is 9.84 Å². The lowest BCUT2D eigenvalue weighted by atomic mass is 9.86. The average molecular weight is 338 g/mol. The number of nitrogens with zero attached hydrogens (tertiary/aromatic N) is 2. The van der Waals surface area contributed by atoms with Crippen molar-refractivity contribution in [3.63, 3.8) is 0 Å². The van der Waals surface area contributed by atoms with Gasteiger partial charge in [-0.3, -0.25) is 0 Å². The van der Waals surface area contributed by atoms with Crippen molar-refractivity contribution in [2.45, 2.75) is 43.6 Å². The number of hydrogen-bond acceptors (Lipinski definition) is 6. The molecule has 1 aromatic carbocycles. The van der Waals surface area contributed by atoms with Gasteiger partial charge in [0.15, 0.2) is 4.34 Å². The van der Waals surface area contributed by atoms with Crippen molar-refractivity contribution in [2.75, 3.05) is 12.4 Å². The van der Waals surface area contributed by atoms with E-state index >= 15 is 0 Å². The molecule has 1 atom stereocenters. The summed E-state index contributed by atoms with van der Waals surface area (Å²) in [5, 5.41) is 17.7. The van der Waals surface area contributed by atoms with Crippen molar-refractivity contribution in [3.8, 4) is 5.75 Å². The van der Waals surface area contributed by atoms with Crippen LogP contribution in [0.2, 0.25) is 0 Å². The SMILES string of the molecule is Cc1cc(C(C)(C)C)ccc1OCC(O)CSc1nncs1. The molecule has 120 valence electrons. The molecule has 2 aromatic rings. The van der Waals surface area contributed by atoms with E-state index < -0.39 is 6.10 Å². The Morgan fingerprint density at radius 2 is 2.14 bits per heavy atom. The Hall–Kier alpha value is -1.11. The molecule has 0 aliphatic rings. The lowest BCUT2D eigenvalue weighted by Gasteiger charge is -2.21. The van der Waals surface area contributed by atoms with Gasteiger partial charge < -0.3 is 9.84 Å². The topological polar surface area (TPSA) is 55.2 Å². The van der Waals surface area contributed by atoms with Gasteiger partial charge >= 0.3 is 0 Å². The number of aryl methyl sites for hydroxylation is 1. The van der Waals surface area contributed by atoms with Crippen LogP contribution >= 0.6 is 23.1 Å². The molecule has 1 N–H and O–H groups in total. The number of hydrogen-bond donors (Lipinski definition) is 1. The van der Waals surface area contributed by atoms with Gasteiger partial charge in [-0.05, 0) is 29.5 Å². The van der Waals surface area contributed by atoms with Gasteiger partial charge in [-0.1, -0.05) is 56.0 Å². The zero-order valence-corrected chi connectivity index (χ0v) is 15.0. The van der Waals surface area contributed by atoms with Gasteiger partial charge in [0, 0.05) is 5.75 Å². The number of aliphatic hydroxyl groups excluding tert-OH is 1. The molecule has 6 heteroatoms. The highest BCUT2D eigenvalue weighted by Crippen LogP contribution is 2.27. The van der Waals surface area contributed by atoms with Crippen LogP contribution in [0.15, 0.2) is 28.0 Å². The molecule has 1 aromatic heterocycles. The van der Waals surface area contributed by atoms with E-state index in [0.29, 0.717) is 5.75 Å². The largest absolute Gasteiger partial charge is 0.491 e. The summed E-state index contributed by atoms with van der Waals surface area (Å²) in [5.74, 6) is 1.38. The van der Waals surface area contributed by atoms with E-state index in [9.17, 15) is 5.11 Å². The lowest BCUT2D eigenvalue weighted by Crippen LogP contribution is -2.20. The summed E-state index contributed by atoms with van der Waals surface area (Å²) in [4.78, 5) is 0. The van der Waals surface area contributed by atoms with Crippen LogP contribution in [0.5, 0.6) is 5.75 Å². The molecular formula is C16H22N2O2S2. The number of ether oxygens (including phenoxy) is 1. The first kappa shape index (κ1) is 17.2. The van der Waals surface area contributed by atoms with Crippen molar-refractivity contribution in [1.29, 1.82) is 0 Å². The summed E-state index contributed by atoms with van der Waals surface area (Å²) < 4.78 is 6.61. The number of aromatic nitrogens is 2. The molecule has 0 aliphatic heterocycles. The number of benzene rings is 1. The molecule has 0 amide bonds. The normalized spacial score (nSPS) is 13.1. The van der Waals surface area contributed by atoms with Crippen molar-refractivity contribution >= 4 is 23.1 Å². The molecule has 22 heavy (non-hydrogen) atoms. The van der Waals surface area contributed by atoms with E-state index in [4.69, 9.17) is 4.74 Å². The highest BCUT2D eigenvalue weighted by atomic mass is 32.2. The molecule has 0 radical (unpaired) electrons. The summed E-state index contributed by atoms with van der Waals surface area (Å²) in [6.07, 6.45) is -0.532. The van der Waals surface area contributed by atoms with Crippen molar-refractivity contribution in [1.82, 2.24) is 10.2 Å². The summed E-state index contributed by atoms with van der Waals surface area (Å²) in [5.41, 5.74) is 4.19. The fourth-order valence-corrected chi connectivity index (χ4v) is 3.33. The van der Waals surface area contributed by atoms with Crippen LogP contribution in [0.3, 0.4) is 0 Å². The molecule has 1 unspecified atom stereocenters. The first-order chi connectivity index (χ1) is 10.4. The highest BCUT2D eigenvalue weighted by molar-refractivity contribution is 8.01. The van der Waals surface area contributed by atoms with E-state index in [2.05, 4.69) is 43.1 Å². The van der Waals surface area contributed by atoms with E-state index in [1.165, 1.54) is 28.7 Å². The van der Waals surface area contributed by atoms with Crippen LogP contribution in [0.25, 0.3) is 0 Å². The summed E-state index contributed by atoms with van der Waals surface area (Å²) >= 11 is 2.97. The predicted molar refractivity (Wildman–Crippen MR) is 92.0 cm³/mol. The van der Waals surface area contributed by atoms with Gasteiger partial charge in [0.2, 0.25) is 0 Å². The Morgan fingerprint density at radius 3 is 2.73 bits per heavy atom. The predicted octanol–water partition coefficient (Wildman–Crippen LogP) is 3.68. The average Bonchev–Trinajstić information content (AvgIpc) is 2.96. The van der Waals surface area contributed by atoms with Gasteiger partial charge in [-0.2, -0.15) is 0 Å². The lowest BCUT2D eigenvalue weighted by molar-refractivity contribution is 0.126. The first-order valence-corrected chi connectivity index (χ1v) is 9.04. The quantitative estimate of drug-likeness (QED) is 0.814. The number of thioether (sulfide) groups is 1. The zero-order chi connectivity index (χ0) is 16.2. The third-order valence-corrected chi connectivity index (χ3v) is 5.22. The summed E-state index contributed by atoms with van der Waals surface area (Å²) in [6, 6.07) is 6.23. The molecule has 0 aliphatic carbocycles. The monoisotopic (exact) mass is 338 g/mol. The minimum absolute atomic E-state index is 0.126. The maximum Gasteiger partial charge on any atom is 0.174 e. The Kier molecular flexibility index (Phi) is 5.83. The van der Waals surface area contributed by atoms with E-state index in [1.807, 2.05) is 13.0 Å². The molecule has 0 saturated heterocycles. The Morgan fingerprint density at radius 1 is 1.36 bits per heavy atom. The second kappa shape index (κ2) is 7.44. The van der Waals surface area contributed by atoms with Crippen molar-refractivity contribution in [3.05, 3.63) is 34.8 Å². The molecule has 0 saturated carbocycles. The van der Waals surface area contributed by atoms with Crippen LogP contribution in [-0.4, -0.2) is 33.8 Å². The minimum Gasteiger partial charge on any atom is -0.491 e. The maximum atomic E-state index is 9.99. The van der Waals surface area contributed by atoms with Crippen LogP contribution in [-0.2, 0) is 5.41 Å². The molecule has 4 nitrogen and oxygen atoms in total. The van der Waals surface area contributed by atoms with Gasteiger partial charge in [0.25, 0.3) is 0 Å². The zero-order valence-electron chi connectivity index (χ0n) is 13.4. The second-order valence-electron chi connectivity index (χ2n) is 6.21. The number of aliphatic hydroxyl groups is 1. The van der Waals surface area contributed by atoms with Crippen LogP contribution in [0.1, 0.15) is 31.9 Å².